The van der Waals surface area contributed by atoms with Gasteiger partial charge >= 0.3 is 5.69 Å². The molecular weight excluding hydrogens is 380 g/mol. The Morgan fingerprint density at radius 1 is 1.26 bits per heavy atom. The molecule has 0 radical (unpaired) electrons. The molecule has 1 aromatic carbocycles. The van der Waals surface area contributed by atoms with Crippen LogP contribution in [0.5, 0.6) is 0 Å². The molecule has 0 saturated heterocycles. The van der Waals surface area contributed by atoms with Gasteiger partial charge in [0.25, 0.3) is 11.2 Å². The summed E-state index contributed by atoms with van der Waals surface area (Å²) in [5.74, 6) is 0. The van der Waals surface area contributed by atoms with Crippen LogP contribution in [-0.2, 0) is 10.0 Å². The molecule has 0 aliphatic heterocycles. The zero-order chi connectivity index (χ0) is 20.1. The van der Waals surface area contributed by atoms with Gasteiger partial charge in [0.15, 0.2) is 0 Å². The first-order valence-electron chi connectivity index (χ1n) is 7.46. The van der Waals surface area contributed by atoms with Crippen LogP contribution in [0.3, 0.4) is 0 Å². The number of hydrogen-bond acceptors (Lipinski definition) is 7. The van der Waals surface area contributed by atoms with Crippen molar-refractivity contribution in [2.45, 2.75) is 13.8 Å². The maximum Gasteiger partial charge on any atom is 0.348 e. The number of H-pyrrole nitrogens is 1. The molecule has 2 aromatic heterocycles. The molecule has 0 amide bonds. The van der Waals surface area contributed by atoms with Crippen molar-refractivity contribution in [3.8, 4) is 5.69 Å². The fourth-order valence-corrected chi connectivity index (χ4v) is 3.07. The normalized spacial score (nSPS) is 11.7. The average molecular weight is 394 g/mol. The largest absolute Gasteiger partial charge is 0.348 e. The van der Waals surface area contributed by atoms with Crippen LogP contribution in [0.4, 0.5) is 5.69 Å². The maximum atomic E-state index is 12.6. The van der Waals surface area contributed by atoms with Crippen molar-refractivity contribution in [1.82, 2.24) is 19.2 Å². The highest BCUT2D eigenvalue weighted by atomic mass is 32.2. The Morgan fingerprint density at radius 2 is 1.93 bits per heavy atom. The van der Waals surface area contributed by atoms with Gasteiger partial charge in [0.05, 0.1) is 34.1 Å². The van der Waals surface area contributed by atoms with Crippen molar-refractivity contribution in [2.75, 3.05) is 11.1 Å². The van der Waals surface area contributed by atoms with Crippen LogP contribution in [0.15, 0.2) is 28.0 Å². The number of imidazole rings is 1. The summed E-state index contributed by atoms with van der Waals surface area (Å²) in [5.41, 5.74) is -1.17. The first kappa shape index (κ1) is 18.3. The van der Waals surface area contributed by atoms with Crippen LogP contribution in [-0.4, -0.2) is 38.8 Å². The predicted molar refractivity (Wildman–Crippen MR) is 96.3 cm³/mol. The van der Waals surface area contributed by atoms with Gasteiger partial charge in [-0.25, -0.2) is 23.0 Å². The Balaban J connectivity index is 2.42. The van der Waals surface area contributed by atoms with Crippen LogP contribution in [0, 0.1) is 24.0 Å². The third kappa shape index (κ3) is 3.19. The van der Waals surface area contributed by atoms with Gasteiger partial charge in [0.2, 0.25) is 10.0 Å². The van der Waals surface area contributed by atoms with Crippen LogP contribution >= 0.6 is 0 Å². The van der Waals surface area contributed by atoms with E-state index >= 15 is 0 Å². The Hall–Kier alpha value is -3.48. The van der Waals surface area contributed by atoms with Gasteiger partial charge in [0.1, 0.15) is 5.69 Å². The lowest BCUT2D eigenvalue weighted by Crippen LogP contribution is -2.43. The number of nitro groups is 1. The van der Waals surface area contributed by atoms with Crippen LogP contribution in [0.25, 0.3) is 16.6 Å². The van der Waals surface area contributed by atoms with Crippen LogP contribution in [0.2, 0.25) is 0 Å². The summed E-state index contributed by atoms with van der Waals surface area (Å²) in [7, 11) is -3.91. The smallest absolute Gasteiger partial charge is 0.305 e. The van der Waals surface area contributed by atoms with Crippen molar-refractivity contribution >= 4 is 26.6 Å². The third-order valence-corrected chi connectivity index (χ3v) is 4.47. The fourth-order valence-electron chi connectivity index (χ4n) is 2.57. The van der Waals surface area contributed by atoms with Gasteiger partial charge in [-0.05, 0) is 19.9 Å². The van der Waals surface area contributed by atoms with Crippen LogP contribution in [0.1, 0.15) is 11.4 Å². The lowest BCUT2D eigenvalue weighted by Gasteiger charge is -2.10. The average Bonchev–Trinajstić information content (AvgIpc) is 2.89. The summed E-state index contributed by atoms with van der Waals surface area (Å²) in [4.78, 5) is 43.6. The standard InChI is InChI=1S/C14H14N6O6S/c1-7-8(2)18(6-15-7)11-4-9-10(5-12(11)20(23)24)16-14(22)19(13(9)21)17-27(3,25)26/h4-6,17H,1-3H3,(H,16,22). The van der Waals surface area contributed by atoms with Gasteiger partial charge < -0.3 is 4.98 Å². The second-order valence-electron chi connectivity index (χ2n) is 5.86. The molecule has 0 saturated carbocycles. The SMILES string of the molecule is Cc1ncn(-c2cc3c(=O)n(NS(C)(=O)=O)c(=O)[nH]c3cc2[N+](=O)[O-])c1C. The Bertz CT molecular complexity index is 1320. The quantitative estimate of drug-likeness (QED) is 0.461. The first-order valence-corrected chi connectivity index (χ1v) is 9.35. The van der Waals surface area contributed by atoms with Crippen molar-refractivity contribution in [3.05, 3.63) is 60.8 Å². The zero-order valence-electron chi connectivity index (χ0n) is 14.4. The Morgan fingerprint density at radius 3 is 2.44 bits per heavy atom. The number of rotatable bonds is 4. The van der Waals surface area contributed by atoms with Crippen molar-refractivity contribution in [3.63, 3.8) is 0 Å². The van der Waals surface area contributed by atoms with Gasteiger partial charge in [-0.2, -0.15) is 4.68 Å². The number of aromatic nitrogens is 4. The Kier molecular flexibility index (Phi) is 4.10. The highest BCUT2D eigenvalue weighted by molar-refractivity contribution is 7.91. The van der Waals surface area contributed by atoms with E-state index in [0.717, 1.165) is 12.3 Å². The molecule has 0 aliphatic carbocycles. The van der Waals surface area contributed by atoms with E-state index in [4.69, 9.17) is 0 Å². The minimum atomic E-state index is -3.91. The van der Waals surface area contributed by atoms with E-state index in [1.165, 1.54) is 17.0 Å². The number of fused-ring (bicyclic) bond motifs is 1. The molecule has 12 nitrogen and oxygen atoms in total. The second-order valence-corrected chi connectivity index (χ2v) is 7.59. The molecule has 2 heterocycles. The topological polar surface area (TPSA) is 162 Å². The van der Waals surface area contributed by atoms with E-state index < -0.39 is 26.2 Å². The number of nitro benzene ring substituents is 1. The molecule has 27 heavy (non-hydrogen) atoms. The number of benzene rings is 1. The molecule has 0 fully saturated rings. The molecule has 0 unspecified atom stereocenters. The van der Waals surface area contributed by atoms with Gasteiger partial charge in [-0.15, -0.1) is 0 Å². The molecule has 0 bridgehead atoms. The summed E-state index contributed by atoms with van der Waals surface area (Å²) >= 11 is 0. The lowest BCUT2D eigenvalue weighted by atomic mass is 10.2. The molecule has 142 valence electrons. The van der Waals surface area contributed by atoms with E-state index in [9.17, 15) is 28.1 Å². The molecule has 3 aromatic rings. The van der Waals surface area contributed by atoms with Crippen molar-refractivity contribution in [1.29, 1.82) is 0 Å². The summed E-state index contributed by atoms with van der Waals surface area (Å²) in [6.45, 7) is 3.42. The minimum Gasteiger partial charge on any atom is -0.305 e. The summed E-state index contributed by atoms with van der Waals surface area (Å²) in [6, 6.07) is 2.26. The molecule has 0 spiro atoms. The van der Waals surface area contributed by atoms with E-state index in [2.05, 4.69) is 9.97 Å². The molecule has 13 heteroatoms. The second kappa shape index (κ2) is 6.05. The highest BCUT2D eigenvalue weighted by Crippen LogP contribution is 2.28. The van der Waals surface area contributed by atoms with Gasteiger partial charge in [-0.1, -0.05) is 0 Å². The maximum absolute atomic E-state index is 12.6. The monoisotopic (exact) mass is 394 g/mol. The summed E-state index contributed by atoms with van der Waals surface area (Å²) < 4.78 is 24.5. The Labute approximate surface area is 151 Å². The number of nitrogens with one attached hydrogen (secondary N) is 2. The van der Waals surface area contributed by atoms with E-state index in [-0.39, 0.29) is 22.3 Å². The molecular formula is C14H14N6O6S. The third-order valence-electron chi connectivity index (χ3n) is 3.96. The number of hydrogen-bond donors (Lipinski definition) is 2. The summed E-state index contributed by atoms with van der Waals surface area (Å²) in [6.07, 6.45) is 2.15. The number of aromatic amines is 1. The number of sulfonamides is 1. The molecule has 3 rings (SSSR count). The number of aryl methyl sites for hydroxylation is 1. The van der Waals surface area contributed by atoms with E-state index in [1.807, 2.05) is 0 Å². The van der Waals surface area contributed by atoms with E-state index in [1.54, 1.807) is 18.7 Å². The van der Waals surface area contributed by atoms with E-state index in [0.29, 0.717) is 16.1 Å². The zero-order valence-corrected chi connectivity index (χ0v) is 15.2. The van der Waals surface area contributed by atoms with Crippen molar-refractivity contribution < 1.29 is 13.3 Å². The van der Waals surface area contributed by atoms with Crippen molar-refractivity contribution in [2.24, 2.45) is 0 Å². The van der Waals surface area contributed by atoms with Gasteiger partial charge in [0, 0.05) is 11.8 Å². The molecule has 0 atom stereocenters. The lowest BCUT2D eigenvalue weighted by molar-refractivity contribution is -0.384. The highest BCUT2D eigenvalue weighted by Gasteiger charge is 2.22. The summed E-state index contributed by atoms with van der Waals surface area (Å²) in [5, 5.41) is 11.4. The predicted octanol–water partition coefficient (Wildman–Crippen LogP) is -0.0964. The first-order chi connectivity index (χ1) is 12.5. The molecule has 0 aliphatic rings. The molecule has 2 N–H and O–H groups in total. The fraction of sp³-hybridized carbons (Fsp3) is 0.214. The minimum absolute atomic E-state index is 0.0562. The van der Waals surface area contributed by atoms with Gasteiger partial charge in [-0.3, -0.25) is 19.5 Å². The van der Waals surface area contributed by atoms with Crippen LogP contribution < -0.4 is 16.1 Å². The number of nitrogens with zero attached hydrogens (tertiary/aromatic N) is 4.